The molecule has 0 bridgehead atoms. The fraction of sp³-hybridized carbons (Fsp3) is 0.385. The Morgan fingerprint density at radius 3 is 2.29 bits per heavy atom. The lowest BCUT2D eigenvalue weighted by Gasteiger charge is -2.20. The predicted octanol–water partition coefficient (Wildman–Crippen LogP) is 2.22. The number of nitrogens with zero attached hydrogens (tertiary/aromatic N) is 1. The summed E-state index contributed by atoms with van der Waals surface area (Å²) in [5.74, 6) is -1.03. The molecule has 2 amide bonds. The number of nitrogens with one attached hydrogen (secondary N) is 2. The second-order valence-electron chi connectivity index (χ2n) is 4.85. The highest BCUT2D eigenvalue weighted by molar-refractivity contribution is 5.89. The summed E-state index contributed by atoms with van der Waals surface area (Å²) in [6.45, 7) is 3.61. The SMILES string of the molecule is CC(C)C(CC(=O)O)NC(=O)Nc1ccc([N+](=O)[O-])cc1. The van der Waals surface area contributed by atoms with Gasteiger partial charge in [0.15, 0.2) is 0 Å². The molecule has 8 heteroatoms. The molecule has 3 N–H and O–H groups in total. The van der Waals surface area contributed by atoms with E-state index in [1.807, 2.05) is 0 Å². The molecule has 0 radical (unpaired) electrons. The number of hydrogen-bond donors (Lipinski definition) is 3. The van der Waals surface area contributed by atoms with Crippen LogP contribution < -0.4 is 10.6 Å². The summed E-state index contributed by atoms with van der Waals surface area (Å²) in [5, 5.41) is 24.4. The first-order valence-corrected chi connectivity index (χ1v) is 6.33. The molecule has 0 heterocycles. The summed E-state index contributed by atoms with van der Waals surface area (Å²) in [6, 6.07) is 4.29. The number of nitro groups is 1. The maximum atomic E-state index is 11.8. The summed E-state index contributed by atoms with van der Waals surface area (Å²) < 4.78 is 0. The minimum Gasteiger partial charge on any atom is -0.481 e. The van der Waals surface area contributed by atoms with Gasteiger partial charge in [0.1, 0.15) is 0 Å². The summed E-state index contributed by atoms with van der Waals surface area (Å²) in [5.41, 5.74) is 0.308. The third-order valence-electron chi connectivity index (χ3n) is 2.85. The normalized spacial score (nSPS) is 11.8. The van der Waals surface area contributed by atoms with Crippen LogP contribution in [0.3, 0.4) is 0 Å². The number of carbonyl (C=O) groups excluding carboxylic acids is 1. The van der Waals surface area contributed by atoms with Crippen LogP contribution in [0.2, 0.25) is 0 Å². The Kier molecular flexibility index (Phi) is 5.65. The van der Waals surface area contributed by atoms with Crippen LogP contribution in [0, 0.1) is 16.0 Å². The number of carboxylic acids is 1. The van der Waals surface area contributed by atoms with E-state index < -0.39 is 23.0 Å². The zero-order chi connectivity index (χ0) is 16.0. The molecule has 0 aliphatic heterocycles. The van der Waals surface area contributed by atoms with Gasteiger partial charge in [-0.3, -0.25) is 14.9 Å². The second-order valence-corrected chi connectivity index (χ2v) is 4.85. The van der Waals surface area contributed by atoms with E-state index >= 15 is 0 Å². The van der Waals surface area contributed by atoms with E-state index in [4.69, 9.17) is 5.11 Å². The lowest BCUT2D eigenvalue weighted by atomic mass is 10.0. The van der Waals surface area contributed by atoms with Crippen molar-refractivity contribution in [1.29, 1.82) is 0 Å². The van der Waals surface area contributed by atoms with Crippen molar-refractivity contribution in [3.63, 3.8) is 0 Å². The zero-order valence-electron chi connectivity index (χ0n) is 11.7. The number of benzene rings is 1. The van der Waals surface area contributed by atoms with Crippen LogP contribution in [0.25, 0.3) is 0 Å². The van der Waals surface area contributed by atoms with Gasteiger partial charge in [-0.05, 0) is 18.1 Å². The van der Waals surface area contributed by atoms with Gasteiger partial charge in [0.25, 0.3) is 5.69 Å². The van der Waals surface area contributed by atoms with Crippen LogP contribution in [0.5, 0.6) is 0 Å². The summed E-state index contributed by atoms with van der Waals surface area (Å²) in [4.78, 5) is 32.5. The van der Waals surface area contributed by atoms with Crippen molar-refractivity contribution in [3.05, 3.63) is 34.4 Å². The molecule has 21 heavy (non-hydrogen) atoms. The van der Waals surface area contributed by atoms with Crippen LogP contribution >= 0.6 is 0 Å². The standard InChI is InChI=1S/C13H17N3O5/c1-8(2)11(7-12(17)18)15-13(19)14-9-3-5-10(6-4-9)16(20)21/h3-6,8,11H,7H2,1-2H3,(H,17,18)(H2,14,15,19). The third kappa shape index (κ3) is 5.47. The Balaban J connectivity index is 2.63. The first-order chi connectivity index (χ1) is 9.79. The number of nitro benzene ring substituents is 1. The molecule has 1 rings (SSSR count). The zero-order valence-corrected chi connectivity index (χ0v) is 11.7. The van der Waals surface area contributed by atoms with E-state index in [1.54, 1.807) is 13.8 Å². The second kappa shape index (κ2) is 7.22. The Morgan fingerprint density at radius 1 is 1.29 bits per heavy atom. The van der Waals surface area contributed by atoms with Crippen LogP contribution in [-0.4, -0.2) is 28.1 Å². The van der Waals surface area contributed by atoms with Crippen LogP contribution in [0.15, 0.2) is 24.3 Å². The maximum absolute atomic E-state index is 11.8. The Bertz CT molecular complexity index is 527. The van der Waals surface area contributed by atoms with E-state index in [2.05, 4.69) is 10.6 Å². The van der Waals surface area contributed by atoms with Gasteiger partial charge in [0.2, 0.25) is 0 Å². The lowest BCUT2D eigenvalue weighted by molar-refractivity contribution is -0.384. The third-order valence-corrected chi connectivity index (χ3v) is 2.85. The van der Waals surface area contributed by atoms with Crippen molar-refractivity contribution in [1.82, 2.24) is 5.32 Å². The van der Waals surface area contributed by atoms with Gasteiger partial charge in [-0.25, -0.2) is 4.79 Å². The quantitative estimate of drug-likeness (QED) is 0.548. The lowest BCUT2D eigenvalue weighted by Crippen LogP contribution is -2.42. The Hall–Kier alpha value is -2.64. The molecule has 114 valence electrons. The number of carbonyl (C=O) groups is 2. The van der Waals surface area contributed by atoms with Gasteiger partial charge in [-0.15, -0.1) is 0 Å². The molecular weight excluding hydrogens is 278 g/mol. The minimum atomic E-state index is -0.996. The van der Waals surface area contributed by atoms with E-state index in [0.717, 1.165) is 0 Å². The number of hydrogen-bond acceptors (Lipinski definition) is 4. The predicted molar refractivity (Wildman–Crippen MR) is 76.1 cm³/mol. The van der Waals surface area contributed by atoms with Crippen molar-refractivity contribution in [2.24, 2.45) is 5.92 Å². The number of non-ortho nitro benzene ring substituents is 1. The van der Waals surface area contributed by atoms with Crippen molar-refractivity contribution < 1.29 is 19.6 Å². The van der Waals surface area contributed by atoms with E-state index in [9.17, 15) is 19.7 Å². The fourth-order valence-corrected chi connectivity index (χ4v) is 1.64. The molecule has 0 fully saturated rings. The Labute approximate surface area is 121 Å². The number of rotatable bonds is 6. The van der Waals surface area contributed by atoms with Gasteiger partial charge in [0.05, 0.1) is 11.3 Å². The highest BCUT2D eigenvalue weighted by Gasteiger charge is 2.19. The van der Waals surface area contributed by atoms with E-state index in [0.29, 0.717) is 5.69 Å². The van der Waals surface area contributed by atoms with Gasteiger partial charge >= 0.3 is 12.0 Å². The molecule has 1 aromatic rings. The van der Waals surface area contributed by atoms with Crippen molar-refractivity contribution >= 4 is 23.4 Å². The van der Waals surface area contributed by atoms with Crippen LogP contribution in [0.4, 0.5) is 16.2 Å². The van der Waals surface area contributed by atoms with Crippen molar-refractivity contribution in [2.45, 2.75) is 26.3 Å². The highest BCUT2D eigenvalue weighted by atomic mass is 16.6. The molecular formula is C13H17N3O5. The summed E-state index contributed by atoms with van der Waals surface area (Å²) >= 11 is 0. The van der Waals surface area contributed by atoms with Gasteiger partial charge in [-0.1, -0.05) is 13.8 Å². The van der Waals surface area contributed by atoms with Gasteiger partial charge in [-0.2, -0.15) is 0 Å². The van der Waals surface area contributed by atoms with E-state index in [-0.39, 0.29) is 18.0 Å². The monoisotopic (exact) mass is 295 g/mol. The van der Waals surface area contributed by atoms with E-state index in [1.165, 1.54) is 24.3 Å². The average molecular weight is 295 g/mol. The topological polar surface area (TPSA) is 122 Å². The maximum Gasteiger partial charge on any atom is 0.319 e. The molecule has 0 aliphatic carbocycles. The number of urea groups is 1. The smallest absolute Gasteiger partial charge is 0.319 e. The molecule has 0 saturated carbocycles. The van der Waals surface area contributed by atoms with Gasteiger partial charge in [0, 0.05) is 23.9 Å². The van der Waals surface area contributed by atoms with Crippen LogP contribution in [0.1, 0.15) is 20.3 Å². The molecule has 8 nitrogen and oxygen atoms in total. The molecule has 0 spiro atoms. The first-order valence-electron chi connectivity index (χ1n) is 6.33. The average Bonchev–Trinajstić information content (AvgIpc) is 2.37. The van der Waals surface area contributed by atoms with Crippen molar-refractivity contribution in [2.75, 3.05) is 5.32 Å². The van der Waals surface area contributed by atoms with Crippen LogP contribution in [-0.2, 0) is 4.79 Å². The molecule has 0 aliphatic rings. The number of carboxylic acid groups (broad SMARTS) is 1. The number of anilines is 1. The minimum absolute atomic E-state index is 0.0382. The fourth-order valence-electron chi connectivity index (χ4n) is 1.64. The molecule has 1 aromatic carbocycles. The molecule has 0 aromatic heterocycles. The highest BCUT2D eigenvalue weighted by Crippen LogP contribution is 2.15. The molecule has 0 saturated heterocycles. The van der Waals surface area contributed by atoms with Crippen molar-refractivity contribution in [3.8, 4) is 0 Å². The molecule has 1 atom stereocenters. The Morgan fingerprint density at radius 2 is 1.86 bits per heavy atom. The number of aliphatic carboxylic acids is 1. The largest absolute Gasteiger partial charge is 0.481 e. The molecule has 1 unspecified atom stereocenters. The van der Waals surface area contributed by atoms with Gasteiger partial charge < -0.3 is 15.7 Å². The summed E-state index contributed by atoms with van der Waals surface area (Å²) in [6.07, 6.45) is -0.175. The first kappa shape index (κ1) is 16.4. The number of amides is 2. The summed E-state index contributed by atoms with van der Waals surface area (Å²) in [7, 11) is 0.